The van der Waals surface area contributed by atoms with Crippen LogP contribution in [-0.4, -0.2) is 12.5 Å². The van der Waals surface area contributed by atoms with E-state index in [1.165, 1.54) is 12.1 Å². The van der Waals surface area contributed by atoms with E-state index >= 15 is 0 Å². The van der Waals surface area contributed by atoms with Gasteiger partial charge in [0.05, 0.1) is 17.2 Å². The lowest BCUT2D eigenvalue weighted by atomic mass is 9.99. The summed E-state index contributed by atoms with van der Waals surface area (Å²) in [4.78, 5) is 11.6. The van der Waals surface area contributed by atoms with Crippen LogP contribution in [0.25, 0.3) is 11.1 Å². The van der Waals surface area contributed by atoms with E-state index in [1.807, 2.05) is 0 Å². The maximum Gasteiger partial charge on any atom is 0.254 e. The monoisotopic (exact) mass is 268 g/mol. The maximum atomic E-state index is 14.0. The van der Waals surface area contributed by atoms with Crippen molar-refractivity contribution in [2.45, 2.75) is 6.92 Å². The number of carbonyl (C=O) groups is 1. The molecule has 1 N–H and O–H groups in total. The van der Waals surface area contributed by atoms with E-state index < -0.39 is 11.7 Å². The second-order valence-electron chi connectivity index (χ2n) is 4.21. The Morgan fingerprint density at radius 2 is 2.05 bits per heavy atom. The molecule has 0 heterocycles. The summed E-state index contributed by atoms with van der Waals surface area (Å²) in [7, 11) is 0. The topological polar surface area (TPSA) is 52.9 Å². The van der Waals surface area contributed by atoms with Crippen molar-refractivity contribution in [2.75, 3.05) is 6.54 Å². The number of nitriles is 1. The fourth-order valence-corrected chi connectivity index (χ4v) is 1.95. The summed E-state index contributed by atoms with van der Waals surface area (Å²) in [6.45, 7) is 2.21. The summed E-state index contributed by atoms with van der Waals surface area (Å²) < 4.78 is 14.0. The Morgan fingerprint density at radius 3 is 2.70 bits per heavy atom. The van der Waals surface area contributed by atoms with Gasteiger partial charge in [0.2, 0.25) is 0 Å². The smallest absolute Gasteiger partial charge is 0.254 e. The molecule has 0 aliphatic carbocycles. The number of hydrogen-bond donors (Lipinski definition) is 1. The van der Waals surface area contributed by atoms with Gasteiger partial charge < -0.3 is 5.32 Å². The van der Waals surface area contributed by atoms with E-state index in [2.05, 4.69) is 11.4 Å². The zero-order valence-corrected chi connectivity index (χ0v) is 11.0. The summed E-state index contributed by atoms with van der Waals surface area (Å²) in [6, 6.07) is 13.4. The van der Waals surface area contributed by atoms with Crippen LogP contribution >= 0.6 is 0 Å². The molecule has 0 saturated carbocycles. The highest BCUT2D eigenvalue weighted by molar-refractivity contribution is 5.95. The number of hydrogen-bond acceptors (Lipinski definition) is 2. The van der Waals surface area contributed by atoms with Gasteiger partial charge in [-0.2, -0.15) is 5.26 Å². The lowest BCUT2D eigenvalue weighted by molar-refractivity contribution is 0.0952. The van der Waals surface area contributed by atoms with Crippen molar-refractivity contribution in [2.24, 2.45) is 0 Å². The van der Waals surface area contributed by atoms with Gasteiger partial charge in [-0.25, -0.2) is 4.39 Å². The number of benzene rings is 2. The SMILES string of the molecule is CCNC(=O)c1ccc(-c2ccccc2C#N)cc1F. The Morgan fingerprint density at radius 1 is 1.30 bits per heavy atom. The first kappa shape index (κ1) is 13.8. The lowest BCUT2D eigenvalue weighted by Crippen LogP contribution is -2.23. The molecule has 0 aliphatic rings. The summed E-state index contributed by atoms with van der Waals surface area (Å²) >= 11 is 0. The van der Waals surface area contributed by atoms with Crippen LogP contribution in [0.2, 0.25) is 0 Å². The van der Waals surface area contributed by atoms with Crippen LogP contribution in [-0.2, 0) is 0 Å². The molecule has 1 amide bonds. The highest BCUT2D eigenvalue weighted by Crippen LogP contribution is 2.25. The van der Waals surface area contributed by atoms with Crippen molar-refractivity contribution < 1.29 is 9.18 Å². The van der Waals surface area contributed by atoms with Crippen LogP contribution in [0.3, 0.4) is 0 Å². The number of carbonyl (C=O) groups excluding carboxylic acids is 1. The van der Waals surface area contributed by atoms with Crippen LogP contribution in [0.1, 0.15) is 22.8 Å². The highest BCUT2D eigenvalue weighted by Gasteiger charge is 2.13. The number of amides is 1. The zero-order valence-electron chi connectivity index (χ0n) is 11.0. The standard InChI is InChI=1S/C16H13FN2O/c1-2-19-16(20)14-8-7-11(9-15(14)17)13-6-4-3-5-12(13)10-18/h3-9H,2H2,1H3,(H,19,20). The molecule has 2 aromatic carbocycles. The van der Waals surface area contributed by atoms with E-state index in [9.17, 15) is 9.18 Å². The van der Waals surface area contributed by atoms with E-state index in [1.54, 1.807) is 37.3 Å². The van der Waals surface area contributed by atoms with Gasteiger partial charge in [0.15, 0.2) is 0 Å². The minimum Gasteiger partial charge on any atom is -0.352 e. The van der Waals surface area contributed by atoms with E-state index in [4.69, 9.17) is 5.26 Å². The summed E-state index contributed by atoms with van der Waals surface area (Å²) in [5.74, 6) is -1.04. The minimum atomic E-state index is -0.596. The molecule has 0 aliphatic heterocycles. The van der Waals surface area contributed by atoms with Crippen molar-refractivity contribution in [1.82, 2.24) is 5.32 Å². The summed E-state index contributed by atoms with van der Waals surface area (Å²) in [5, 5.41) is 11.6. The minimum absolute atomic E-state index is 0.00467. The average Bonchev–Trinajstić information content (AvgIpc) is 2.47. The van der Waals surface area contributed by atoms with Crippen LogP contribution in [0.15, 0.2) is 42.5 Å². The number of rotatable bonds is 3. The fourth-order valence-electron chi connectivity index (χ4n) is 1.95. The third-order valence-electron chi connectivity index (χ3n) is 2.91. The molecule has 3 nitrogen and oxygen atoms in total. The first-order valence-corrected chi connectivity index (χ1v) is 6.24. The summed E-state index contributed by atoms with van der Waals surface area (Å²) in [5.41, 5.74) is 1.70. The Kier molecular flexibility index (Phi) is 4.11. The quantitative estimate of drug-likeness (QED) is 0.929. The molecule has 0 spiro atoms. The van der Waals surface area contributed by atoms with Crippen LogP contribution in [0.4, 0.5) is 4.39 Å². The zero-order chi connectivity index (χ0) is 14.5. The Bertz CT molecular complexity index is 689. The van der Waals surface area contributed by atoms with E-state index in [0.29, 0.717) is 23.2 Å². The molecule has 0 aromatic heterocycles. The van der Waals surface area contributed by atoms with Gasteiger partial charge in [-0.15, -0.1) is 0 Å². The van der Waals surface area contributed by atoms with Gasteiger partial charge in [0.1, 0.15) is 5.82 Å². The van der Waals surface area contributed by atoms with Crippen LogP contribution in [0, 0.1) is 17.1 Å². The molecule has 2 rings (SSSR count). The average molecular weight is 268 g/mol. The van der Waals surface area contributed by atoms with Gasteiger partial charge in [-0.3, -0.25) is 4.79 Å². The fraction of sp³-hybridized carbons (Fsp3) is 0.125. The van der Waals surface area contributed by atoms with Crippen molar-refractivity contribution in [3.8, 4) is 17.2 Å². The van der Waals surface area contributed by atoms with Crippen molar-refractivity contribution in [1.29, 1.82) is 5.26 Å². The maximum absolute atomic E-state index is 14.0. The third-order valence-corrected chi connectivity index (χ3v) is 2.91. The molecule has 0 unspecified atom stereocenters. The first-order valence-electron chi connectivity index (χ1n) is 6.24. The normalized spacial score (nSPS) is 9.85. The Balaban J connectivity index is 2.44. The largest absolute Gasteiger partial charge is 0.352 e. The van der Waals surface area contributed by atoms with Gasteiger partial charge in [-0.05, 0) is 36.2 Å². The second-order valence-corrected chi connectivity index (χ2v) is 4.21. The predicted molar refractivity (Wildman–Crippen MR) is 74.6 cm³/mol. The Labute approximate surface area is 116 Å². The van der Waals surface area contributed by atoms with Crippen LogP contribution in [0.5, 0.6) is 0 Å². The van der Waals surface area contributed by atoms with Gasteiger partial charge in [0, 0.05) is 6.54 Å². The molecule has 0 saturated heterocycles. The molecular formula is C16H13FN2O. The van der Waals surface area contributed by atoms with Crippen molar-refractivity contribution in [3.05, 3.63) is 59.4 Å². The summed E-state index contributed by atoms with van der Waals surface area (Å²) in [6.07, 6.45) is 0. The number of halogens is 1. The molecule has 0 bridgehead atoms. The van der Waals surface area contributed by atoms with Gasteiger partial charge >= 0.3 is 0 Å². The molecule has 0 atom stereocenters. The molecule has 4 heteroatoms. The highest BCUT2D eigenvalue weighted by atomic mass is 19.1. The van der Waals surface area contributed by atoms with E-state index in [0.717, 1.165) is 0 Å². The second kappa shape index (κ2) is 5.98. The molecule has 100 valence electrons. The predicted octanol–water partition coefficient (Wildman–Crippen LogP) is 3.11. The first-order chi connectivity index (χ1) is 9.67. The molecule has 20 heavy (non-hydrogen) atoms. The van der Waals surface area contributed by atoms with Gasteiger partial charge in [0.25, 0.3) is 5.91 Å². The van der Waals surface area contributed by atoms with E-state index in [-0.39, 0.29) is 5.56 Å². The number of nitrogens with one attached hydrogen (secondary N) is 1. The lowest BCUT2D eigenvalue weighted by Gasteiger charge is -2.07. The molecule has 2 aromatic rings. The Hall–Kier alpha value is -2.67. The molecular weight excluding hydrogens is 255 g/mol. The van der Waals surface area contributed by atoms with Crippen molar-refractivity contribution in [3.63, 3.8) is 0 Å². The van der Waals surface area contributed by atoms with Crippen LogP contribution < -0.4 is 5.32 Å². The molecule has 0 radical (unpaired) electrons. The van der Waals surface area contributed by atoms with Crippen molar-refractivity contribution >= 4 is 5.91 Å². The third kappa shape index (κ3) is 2.67. The number of nitrogens with zero attached hydrogens (tertiary/aromatic N) is 1. The van der Waals surface area contributed by atoms with Gasteiger partial charge in [-0.1, -0.05) is 24.3 Å². The molecule has 0 fully saturated rings.